The van der Waals surface area contributed by atoms with Gasteiger partial charge in [0.2, 0.25) is 0 Å². The lowest BCUT2D eigenvalue weighted by molar-refractivity contribution is -0.0956. The monoisotopic (exact) mass is 443 g/mol. The number of carbonyl (C=O) groups excluding carboxylic acids is 2. The Morgan fingerprint density at radius 2 is 1.50 bits per heavy atom. The summed E-state index contributed by atoms with van der Waals surface area (Å²) in [5.41, 5.74) is 1.47. The van der Waals surface area contributed by atoms with Crippen LogP contribution in [0.25, 0.3) is 0 Å². The molecule has 0 bridgehead atoms. The predicted molar refractivity (Wildman–Crippen MR) is 108 cm³/mol. The van der Waals surface area contributed by atoms with E-state index in [1.807, 2.05) is 17.0 Å². The second-order valence-electron chi connectivity index (χ2n) is 7.12. The topological polar surface area (TPSA) is 55.8 Å². The number of nitrogens with zero attached hydrogens (tertiary/aromatic N) is 1. The first-order valence-corrected chi connectivity index (χ1v) is 10.3. The Hall–Kier alpha value is -2.02. The third-order valence-corrected chi connectivity index (χ3v) is 5.90. The molecule has 2 aliphatic rings. The number of rotatable bonds is 4. The summed E-state index contributed by atoms with van der Waals surface area (Å²) < 4.78 is 12.1. The van der Waals surface area contributed by atoms with Crippen LogP contribution < -0.4 is 0 Å². The van der Waals surface area contributed by atoms with E-state index in [1.54, 1.807) is 36.4 Å². The molecule has 2 fully saturated rings. The standard InChI is InChI=1S/C22H22BrNO4/c23-17-7-5-15(6-8-17)20(25)18-3-1-2-4-19(18)21(26)24-11-9-16(10-12-24)22-27-13-14-28-22/h1-8,16,22H,9-14H2. The minimum Gasteiger partial charge on any atom is -0.350 e. The normalized spacial score (nSPS) is 18.4. The molecule has 1 amide bonds. The van der Waals surface area contributed by atoms with E-state index in [4.69, 9.17) is 9.47 Å². The fourth-order valence-electron chi connectivity index (χ4n) is 3.82. The van der Waals surface area contributed by atoms with E-state index >= 15 is 0 Å². The minimum absolute atomic E-state index is 0.0900. The van der Waals surface area contributed by atoms with E-state index in [1.165, 1.54) is 0 Å². The van der Waals surface area contributed by atoms with Crippen LogP contribution in [0.4, 0.5) is 0 Å². The highest BCUT2D eigenvalue weighted by atomic mass is 79.9. The van der Waals surface area contributed by atoms with Crippen molar-refractivity contribution in [2.45, 2.75) is 19.1 Å². The Balaban J connectivity index is 1.49. The molecule has 2 heterocycles. The van der Waals surface area contributed by atoms with Gasteiger partial charge < -0.3 is 14.4 Å². The van der Waals surface area contributed by atoms with Crippen molar-refractivity contribution in [3.8, 4) is 0 Å². The van der Waals surface area contributed by atoms with E-state index in [0.717, 1.165) is 17.3 Å². The smallest absolute Gasteiger partial charge is 0.254 e. The first-order valence-electron chi connectivity index (χ1n) is 9.55. The molecule has 6 heteroatoms. The van der Waals surface area contributed by atoms with Crippen molar-refractivity contribution >= 4 is 27.6 Å². The summed E-state index contributed by atoms with van der Waals surface area (Å²) in [6.45, 7) is 2.59. The second kappa shape index (κ2) is 8.55. The van der Waals surface area contributed by atoms with Gasteiger partial charge in [-0.05, 0) is 43.2 Å². The molecule has 28 heavy (non-hydrogen) atoms. The van der Waals surface area contributed by atoms with Crippen LogP contribution in [0, 0.1) is 5.92 Å². The Morgan fingerprint density at radius 3 is 2.14 bits per heavy atom. The second-order valence-corrected chi connectivity index (χ2v) is 8.04. The first-order chi connectivity index (χ1) is 13.6. The van der Waals surface area contributed by atoms with Crippen molar-refractivity contribution in [3.63, 3.8) is 0 Å². The van der Waals surface area contributed by atoms with E-state index in [0.29, 0.717) is 48.9 Å². The van der Waals surface area contributed by atoms with E-state index in [2.05, 4.69) is 15.9 Å². The Bertz CT molecular complexity index is 853. The third-order valence-electron chi connectivity index (χ3n) is 5.37. The number of ketones is 1. The number of likely N-dealkylation sites (tertiary alicyclic amines) is 1. The maximum Gasteiger partial charge on any atom is 0.254 e. The molecule has 5 nitrogen and oxygen atoms in total. The number of hydrogen-bond acceptors (Lipinski definition) is 4. The maximum absolute atomic E-state index is 13.1. The van der Waals surface area contributed by atoms with Crippen LogP contribution in [0.15, 0.2) is 53.0 Å². The first kappa shape index (κ1) is 19.3. The van der Waals surface area contributed by atoms with Gasteiger partial charge in [0.05, 0.1) is 18.8 Å². The number of ether oxygens (including phenoxy) is 2. The van der Waals surface area contributed by atoms with Gasteiger partial charge in [-0.25, -0.2) is 0 Å². The van der Waals surface area contributed by atoms with E-state index in [-0.39, 0.29) is 18.0 Å². The molecule has 2 aromatic rings. The lowest BCUT2D eigenvalue weighted by Gasteiger charge is -2.34. The predicted octanol–water partition coefficient (Wildman–Crippen LogP) is 3.91. The van der Waals surface area contributed by atoms with Crippen LogP contribution >= 0.6 is 15.9 Å². The summed E-state index contributed by atoms with van der Waals surface area (Å²) in [6, 6.07) is 14.3. The number of benzene rings is 2. The molecular weight excluding hydrogens is 422 g/mol. The van der Waals surface area contributed by atoms with E-state index in [9.17, 15) is 9.59 Å². The fraction of sp³-hybridized carbons (Fsp3) is 0.364. The molecule has 4 rings (SSSR count). The number of amides is 1. The van der Waals surface area contributed by atoms with Crippen LogP contribution in [0.1, 0.15) is 39.1 Å². The Kier molecular flexibility index (Phi) is 5.90. The van der Waals surface area contributed by atoms with Gasteiger partial charge in [0.1, 0.15) is 0 Å². The Labute approximate surface area is 172 Å². The number of hydrogen-bond donors (Lipinski definition) is 0. The molecule has 0 saturated carbocycles. The summed E-state index contributed by atoms with van der Waals surface area (Å²) >= 11 is 3.38. The Morgan fingerprint density at radius 1 is 0.893 bits per heavy atom. The SMILES string of the molecule is O=C(c1ccc(Br)cc1)c1ccccc1C(=O)N1CCC(C2OCCO2)CC1. The van der Waals surface area contributed by atoms with Crippen molar-refractivity contribution in [1.29, 1.82) is 0 Å². The maximum atomic E-state index is 13.1. The average molecular weight is 444 g/mol. The molecule has 0 unspecified atom stereocenters. The summed E-state index contributed by atoms with van der Waals surface area (Å²) in [5, 5.41) is 0. The average Bonchev–Trinajstić information content (AvgIpc) is 3.28. The van der Waals surface area contributed by atoms with Gasteiger partial charge in [-0.2, -0.15) is 0 Å². The number of halogens is 1. The largest absolute Gasteiger partial charge is 0.350 e. The van der Waals surface area contributed by atoms with Gasteiger partial charge in [-0.1, -0.05) is 34.1 Å². The third kappa shape index (κ3) is 4.04. The summed E-state index contributed by atoms with van der Waals surface area (Å²) in [6.07, 6.45) is 1.56. The number of carbonyl (C=O) groups is 2. The molecular formula is C22H22BrNO4. The summed E-state index contributed by atoms with van der Waals surface area (Å²) in [7, 11) is 0. The lowest BCUT2D eigenvalue weighted by Crippen LogP contribution is -2.41. The van der Waals surface area contributed by atoms with Crippen LogP contribution in [0.3, 0.4) is 0 Å². The highest BCUT2D eigenvalue weighted by Crippen LogP contribution is 2.27. The molecule has 146 valence electrons. The van der Waals surface area contributed by atoms with Crippen molar-refractivity contribution < 1.29 is 19.1 Å². The minimum atomic E-state index is -0.140. The molecule has 2 aliphatic heterocycles. The van der Waals surface area contributed by atoms with Gasteiger partial charge in [-0.3, -0.25) is 9.59 Å². The van der Waals surface area contributed by atoms with Crippen molar-refractivity contribution in [2.24, 2.45) is 5.92 Å². The highest BCUT2D eigenvalue weighted by molar-refractivity contribution is 9.10. The summed E-state index contributed by atoms with van der Waals surface area (Å²) in [4.78, 5) is 27.9. The van der Waals surface area contributed by atoms with Crippen molar-refractivity contribution in [1.82, 2.24) is 4.90 Å². The highest BCUT2D eigenvalue weighted by Gasteiger charge is 2.32. The zero-order valence-corrected chi connectivity index (χ0v) is 17.1. The molecule has 0 aliphatic carbocycles. The zero-order valence-electron chi connectivity index (χ0n) is 15.5. The van der Waals surface area contributed by atoms with Crippen LogP contribution in [0.2, 0.25) is 0 Å². The number of piperidine rings is 1. The van der Waals surface area contributed by atoms with Crippen LogP contribution in [-0.4, -0.2) is 49.2 Å². The van der Waals surface area contributed by atoms with Gasteiger partial charge in [0.25, 0.3) is 5.91 Å². The van der Waals surface area contributed by atoms with Crippen LogP contribution in [-0.2, 0) is 9.47 Å². The molecule has 0 N–H and O–H groups in total. The molecule has 0 aromatic heterocycles. The van der Waals surface area contributed by atoms with Crippen molar-refractivity contribution in [3.05, 3.63) is 69.7 Å². The van der Waals surface area contributed by atoms with Crippen molar-refractivity contribution in [2.75, 3.05) is 26.3 Å². The molecule has 0 spiro atoms. The fourth-order valence-corrected chi connectivity index (χ4v) is 4.08. The lowest BCUT2D eigenvalue weighted by atomic mass is 9.94. The van der Waals surface area contributed by atoms with Gasteiger partial charge >= 0.3 is 0 Å². The molecule has 0 atom stereocenters. The molecule has 2 aromatic carbocycles. The quantitative estimate of drug-likeness (QED) is 0.672. The van der Waals surface area contributed by atoms with E-state index < -0.39 is 0 Å². The van der Waals surface area contributed by atoms with Gasteiger partial charge in [0, 0.05) is 34.6 Å². The zero-order chi connectivity index (χ0) is 19.5. The van der Waals surface area contributed by atoms with Gasteiger partial charge in [0.15, 0.2) is 12.1 Å². The van der Waals surface area contributed by atoms with Crippen LogP contribution in [0.5, 0.6) is 0 Å². The molecule has 2 saturated heterocycles. The molecule has 0 radical (unpaired) electrons. The summed E-state index contributed by atoms with van der Waals surface area (Å²) in [5.74, 6) is 0.0954. The van der Waals surface area contributed by atoms with Gasteiger partial charge in [-0.15, -0.1) is 0 Å².